The van der Waals surface area contributed by atoms with Gasteiger partial charge in [0.05, 0.1) is 23.1 Å². The fourth-order valence-corrected chi connectivity index (χ4v) is 3.91. The molecule has 0 atom stereocenters. The monoisotopic (exact) mass is 362 g/mol. The third kappa shape index (κ3) is 3.78. The zero-order chi connectivity index (χ0) is 17.2. The van der Waals surface area contributed by atoms with Crippen LogP contribution in [0.1, 0.15) is 33.1 Å². The predicted molar refractivity (Wildman–Crippen MR) is 102 cm³/mol. The van der Waals surface area contributed by atoms with Crippen molar-refractivity contribution in [2.75, 3.05) is 23.7 Å². The van der Waals surface area contributed by atoms with Gasteiger partial charge < -0.3 is 10.6 Å². The van der Waals surface area contributed by atoms with Gasteiger partial charge in [0, 0.05) is 18.0 Å². The van der Waals surface area contributed by atoms with Crippen molar-refractivity contribution in [2.45, 2.75) is 43.0 Å². The molecule has 0 unspecified atom stereocenters. The first-order valence-electron chi connectivity index (χ1n) is 8.29. The number of benzene rings is 1. The quantitative estimate of drug-likeness (QED) is 0.785. The largest absolute Gasteiger partial charge is 0.397 e. The molecule has 128 valence electrons. The van der Waals surface area contributed by atoms with Gasteiger partial charge in [0.15, 0.2) is 0 Å². The van der Waals surface area contributed by atoms with E-state index in [1.54, 1.807) is 6.07 Å². The van der Waals surface area contributed by atoms with E-state index in [4.69, 9.17) is 17.3 Å². The fraction of sp³-hybridized carbons (Fsp3) is 0.444. The third-order valence-electron chi connectivity index (χ3n) is 4.97. The number of hydrogen-bond acceptors (Lipinski definition) is 5. The van der Waals surface area contributed by atoms with Gasteiger partial charge in [-0.15, -0.1) is 0 Å². The summed E-state index contributed by atoms with van der Waals surface area (Å²) in [7, 11) is 0. The first-order chi connectivity index (χ1) is 11.5. The molecule has 0 bridgehead atoms. The van der Waals surface area contributed by atoms with Gasteiger partial charge in [-0.05, 0) is 30.4 Å². The molecule has 0 spiro atoms. The topological polar surface area (TPSA) is 55.0 Å². The van der Waals surface area contributed by atoms with E-state index in [2.05, 4.69) is 28.7 Å². The summed E-state index contributed by atoms with van der Waals surface area (Å²) in [5.74, 6) is 0.955. The van der Waals surface area contributed by atoms with Gasteiger partial charge in [0.1, 0.15) is 10.8 Å². The van der Waals surface area contributed by atoms with Gasteiger partial charge in [-0.2, -0.15) is 0 Å². The van der Waals surface area contributed by atoms with Crippen LogP contribution in [-0.2, 0) is 0 Å². The first kappa shape index (κ1) is 17.4. The lowest BCUT2D eigenvalue weighted by Gasteiger charge is -2.39. The van der Waals surface area contributed by atoms with E-state index < -0.39 is 0 Å². The average molecular weight is 363 g/mol. The molecule has 0 radical (unpaired) electrons. The Hall–Kier alpha value is -1.46. The van der Waals surface area contributed by atoms with Crippen LogP contribution in [0.3, 0.4) is 0 Å². The molecule has 1 aromatic heterocycles. The maximum atomic E-state index is 6.23. The smallest absolute Gasteiger partial charge is 0.147 e. The fourth-order valence-electron chi connectivity index (χ4n) is 2.87. The van der Waals surface area contributed by atoms with Crippen LogP contribution < -0.4 is 10.6 Å². The van der Waals surface area contributed by atoms with Crippen molar-refractivity contribution < 1.29 is 0 Å². The van der Waals surface area contributed by atoms with E-state index in [0.717, 1.165) is 28.8 Å². The standard InChI is InChI=1S/C18H23ClN4S/c1-3-18(2)7-9-23(10-8-18)15-11-22-16(12-21-15)24-14-6-4-5-13(20)17(14)19/h4-6,11-12H,3,7-10,20H2,1-2H3. The normalized spacial score (nSPS) is 17.0. The van der Waals surface area contributed by atoms with Crippen LogP contribution in [0.2, 0.25) is 5.02 Å². The summed E-state index contributed by atoms with van der Waals surface area (Å²) in [6, 6.07) is 5.63. The molecule has 0 saturated carbocycles. The predicted octanol–water partition coefficient (Wildman–Crippen LogP) is 4.88. The van der Waals surface area contributed by atoms with Crippen molar-refractivity contribution in [3.8, 4) is 0 Å². The zero-order valence-corrected chi connectivity index (χ0v) is 15.7. The van der Waals surface area contributed by atoms with Gasteiger partial charge in [-0.1, -0.05) is 49.7 Å². The summed E-state index contributed by atoms with van der Waals surface area (Å²) in [6.45, 7) is 6.76. The highest BCUT2D eigenvalue weighted by Gasteiger charge is 2.28. The lowest BCUT2D eigenvalue weighted by molar-refractivity contribution is 0.237. The van der Waals surface area contributed by atoms with Crippen molar-refractivity contribution in [1.82, 2.24) is 9.97 Å². The summed E-state index contributed by atoms with van der Waals surface area (Å²) in [5.41, 5.74) is 6.90. The van der Waals surface area contributed by atoms with Crippen LogP contribution in [-0.4, -0.2) is 23.1 Å². The Morgan fingerprint density at radius 2 is 2.00 bits per heavy atom. The molecule has 2 heterocycles. The minimum absolute atomic E-state index is 0.476. The molecule has 6 heteroatoms. The highest BCUT2D eigenvalue weighted by Crippen LogP contribution is 2.37. The van der Waals surface area contributed by atoms with Gasteiger partial charge in [0.2, 0.25) is 0 Å². The summed E-state index contributed by atoms with van der Waals surface area (Å²) in [5, 5.41) is 1.39. The van der Waals surface area contributed by atoms with E-state index in [1.165, 1.54) is 31.0 Å². The number of hydrogen-bond donors (Lipinski definition) is 1. The second-order valence-electron chi connectivity index (χ2n) is 6.63. The molecule has 1 fully saturated rings. The molecule has 1 saturated heterocycles. The minimum atomic E-state index is 0.476. The van der Waals surface area contributed by atoms with E-state index >= 15 is 0 Å². The molecule has 2 aromatic rings. The third-order valence-corrected chi connectivity index (χ3v) is 6.48. The SMILES string of the molecule is CCC1(C)CCN(c2cnc(Sc3cccc(N)c3Cl)cn2)CC1. The lowest BCUT2D eigenvalue weighted by Crippen LogP contribution is -2.38. The van der Waals surface area contributed by atoms with Gasteiger partial charge in [-0.3, -0.25) is 0 Å². The number of aromatic nitrogens is 2. The van der Waals surface area contributed by atoms with Crippen molar-refractivity contribution >= 4 is 34.9 Å². The molecule has 4 nitrogen and oxygen atoms in total. The molecular formula is C18H23ClN4S. The molecule has 24 heavy (non-hydrogen) atoms. The summed E-state index contributed by atoms with van der Waals surface area (Å²) < 4.78 is 0. The van der Waals surface area contributed by atoms with E-state index in [9.17, 15) is 0 Å². The van der Waals surface area contributed by atoms with Crippen molar-refractivity contribution in [3.05, 3.63) is 35.6 Å². The second-order valence-corrected chi connectivity index (χ2v) is 8.07. The number of nitrogens with zero attached hydrogens (tertiary/aromatic N) is 3. The maximum absolute atomic E-state index is 6.23. The van der Waals surface area contributed by atoms with Gasteiger partial charge in [0.25, 0.3) is 0 Å². The number of anilines is 2. The maximum Gasteiger partial charge on any atom is 0.147 e. The number of nitrogens with two attached hydrogens (primary N) is 1. The first-order valence-corrected chi connectivity index (χ1v) is 9.49. The van der Waals surface area contributed by atoms with Crippen molar-refractivity contribution in [2.24, 2.45) is 5.41 Å². The lowest BCUT2D eigenvalue weighted by atomic mass is 9.78. The Balaban J connectivity index is 1.67. The molecular weight excluding hydrogens is 340 g/mol. The van der Waals surface area contributed by atoms with Crippen LogP contribution in [0.5, 0.6) is 0 Å². The molecule has 1 aromatic carbocycles. The highest BCUT2D eigenvalue weighted by atomic mass is 35.5. The molecule has 1 aliphatic heterocycles. The van der Waals surface area contributed by atoms with Crippen molar-refractivity contribution in [1.29, 1.82) is 0 Å². The van der Waals surface area contributed by atoms with E-state index in [0.29, 0.717) is 16.1 Å². The minimum Gasteiger partial charge on any atom is -0.397 e. The average Bonchev–Trinajstić information content (AvgIpc) is 2.60. The molecule has 0 amide bonds. The number of rotatable bonds is 4. The molecule has 0 aliphatic carbocycles. The highest BCUT2D eigenvalue weighted by molar-refractivity contribution is 7.99. The Bertz CT molecular complexity index is 697. The van der Waals surface area contributed by atoms with Gasteiger partial charge >= 0.3 is 0 Å². The Kier molecular flexibility index (Phi) is 5.21. The molecule has 1 aliphatic rings. The summed E-state index contributed by atoms with van der Waals surface area (Å²) >= 11 is 7.72. The number of nitrogen functional groups attached to an aromatic ring is 1. The molecule has 3 rings (SSSR count). The Morgan fingerprint density at radius 1 is 1.25 bits per heavy atom. The van der Waals surface area contributed by atoms with E-state index in [1.807, 2.05) is 24.5 Å². The Morgan fingerprint density at radius 3 is 2.62 bits per heavy atom. The summed E-state index contributed by atoms with van der Waals surface area (Å²) in [6.07, 6.45) is 7.33. The van der Waals surface area contributed by atoms with E-state index in [-0.39, 0.29) is 0 Å². The van der Waals surface area contributed by atoms with Crippen molar-refractivity contribution in [3.63, 3.8) is 0 Å². The van der Waals surface area contributed by atoms with Crippen LogP contribution in [0, 0.1) is 5.41 Å². The zero-order valence-electron chi connectivity index (χ0n) is 14.1. The summed E-state index contributed by atoms with van der Waals surface area (Å²) in [4.78, 5) is 12.4. The van der Waals surface area contributed by atoms with Crippen LogP contribution in [0.25, 0.3) is 0 Å². The molecule has 2 N–H and O–H groups in total. The number of halogens is 1. The van der Waals surface area contributed by atoms with Crippen LogP contribution >= 0.6 is 23.4 Å². The Labute approximate surface area is 152 Å². The number of piperidine rings is 1. The van der Waals surface area contributed by atoms with Crippen LogP contribution in [0.15, 0.2) is 40.5 Å². The van der Waals surface area contributed by atoms with Gasteiger partial charge in [-0.25, -0.2) is 9.97 Å². The van der Waals surface area contributed by atoms with Crippen LogP contribution in [0.4, 0.5) is 11.5 Å². The second kappa shape index (κ2) is 7.19.